The van der Waals surface area contributed by atoms with Gasteiger partial charge < -0.3 is 4.90 Å². The van der Waals surface area contributed by atoms with Gasteiger partial charge in [0.2, 0.25) is 0 Å². The Morgan fingerprint density at radius 2 is 2.00 bits per heavy atom. The van der Waals surface area contributed by atoms with Crippen LogP contribution in [-0.2, 0) is 17.8 Å². The Morgan fingerprint density at radius 1 is 1.17 bits per heavy atom. The molecule has 0 bridgehead atoms. The first-order chi connectivity index (χ1) is 14.1. The molecular weight excluding hydrogens is 388 g/mol. The summed E-state index contributed by atoms with van der Waals surface area (Å²) in [6, 6.07) is 9.06. The molecule has 8 nitrogen and oxygen atoms in total. The number of hydrogen-bond acceptors (Lipinski definition) is 6. The van der Waals surface area contributed by atoms with Crippen molar-refractivity contribution in [1.82, 2.24) is 24.5 Å². The minimum Gasteiger partial charge on any atom is -0.340 e. The molecule has 1 N–H and O–H groups in total. The maximum Gasteiger partial charge on any atom is 0.325 e. The quantitative estimate of drug-likeness (QED) is 0.701. The number of urea groups is 1. The molecule has 2 aromatic heterocycles. The summed E-state index contributed by atoms with van der Waals surface area (Å²) in [6.07, 6.45) is 3.95. The number of carbonyl (C=O) groups excluding carboxylic acids is 2. The van der Waals surface area contributed by atoms with Crippen molar-refractivity contribution in [1.29, 1.82) is 0 Å². The van der Waals surface area contributed by atoms with Crippen molar-refractivity contribution in [2.24, 2.45) is 4.99 Å². The molecule has 1 aromatic carbocycles. The molecule has 2 aliphatic rings. The van der Waals surface area contributed by atoms with E-state index in [0.29, 0.717) is 19.5 Å². The highest BCUT2D eigenvalue weighted by molar-refractivity contribution is 7.15. The number of carbonyl (C=O) groups is 2. The number of nitrogens with one attached hydrogen (secondary N) is 1. The Bertz CT molecular complexity index is 1080. The molecule has 0 aliphatic carbocycles. The smallest absolute Gasteiger partial charge is 0.325 e. The average molecular weight is 408 g/mol. The molecular formula is C20H20N6O2S. The van der Waals surface area contributed by atoms with Gasteiger partial charge in [0.1, 0.15) is 5.84 Å². The van der Waals surface area contributed by atoms with Crippen molar-refractivity contribution in [3.05, 3.63) is 59.4 Å². The number of rotatable bonds is 5. The van der Waals surface area contributed by atoms with Gasteiger partial charge in [-0.1, -0.05) is 30.3 Å². The maximum absolute atomic E-state index is 12.8. The molecule has 0 saturated carbocycles. The number of imidazole rings is 1. The normalized spacial score (nSPS) is 21.5. The van der Waals surface area contributed by atoms with Gasteiger partial charge in [0.15, 0.2) is 17.2 Å². The Labute approximate surface area is 171 Å². The lowest BCUT2D eigenvalue weighted by molar-refractivity contribution is -0.127. The molecule has 4 heterocycles. The second-order valence-electron chi connectivity index (χ2n) is 7.10. The van der Waals surface area contributed by atoms with Crippen molar-refractivity contribution in [3.8, 4) is 0 Å². The molecule has 5 rings (SSSR count). The van der Waals surface area contributed by atoms with Crippen molar-refractivity contribution in [2.45, 2.75) is 32.1 Å². The third-order valence-electron chi connectivity index (χ3n) is 5.33. The van der Waals surface area contributed by atoms with E-state index < -0.39 is 12.2 Å². The number of nitrogens with zero attached hydrogens (tertiary/aromatic N) is 5. The fraction of sp³-hybridized carbons (Fsp3) is 0.300. The second-order valence-corrected chi connectivity index (χ2v) is 7.97. The third kappa shape index (κ3) is 3.07. The lowest BCUT2D eigenvalue weighted by Crippen LogP contribution is -2.64. The van der Waals surface area contributed by atoms with E-state index >= 15 is 0 Å². The molecule has 3 aromatic rings. The number of fused-ring (bicyclic) bond motifs is 2. The van der Waals surface area contributed by atoms with Crippen molar-refractivity contribution < 1.29 is 9.59 Å². The summed E-state index contributed by atoms with van der Waals surface area (Å²) in [5, 5.41) is 4.47. The van der Waals surface area contributed by atoms with Crippen LogP contribution < -0.4 is 5.32 Å². The van der Waals surface area contributed by atoms with E-state index in [1.165, 1.54) is 0 Å². The van der Waals surface area contributed by atoms with Crippen molar-refractivity contribution in [3.63, 3.8) is 0 Å². The minimum atomic E-state index is -0.536. The number of likely N-dealkylation sites (N-methyl/N-ethyl adjacent to an activating group) is 1. The number of hydrogen-bond donors (Lipinski definition) is 1. The molecule has 1 saturated heterocycles. The van der Waals surface area contributed by atoms with Crippen LogP contribution in [0.2, 0.25) is 0 Å². The number of aliphatic imine (C=N–C) groups is 1. The van der Waals surface area contributed by atoms with Gasteiger partial charge in [0.25, 0.3) is 5.91 Å². The van der Waals surface area contributed by atoms with E-state index in [4.69, 9.17) is 4.99 Å². The van der Waals surface area contributed by atoms with Gasteiger partial charge in [-0.3, -0.25) is 19.4 Å². The molecule has 2 aliphatic heterocycles. The summed E-state index contributed by atoms with van der Waals surface area (Å²) >= 11 is 1.58. The summed E-state index contributed by atoms with van der Waals surface area (Å²) < 4.78 is 1.98. The topological polar surface area (TPSA) is 82.3 Å². The number of aromatic nitrogens is 2. The molecule has 0 spiro atoms. The molecule has 2 atom stereocenters. The third-order valence-corrected chi connectivity index (χ3v) is 6.10. The van der Waals surface area contributed by atoms with Gasteiger partial charge in [-0.05, 0) is 12.5 Å². The van der Waals surface area contributed by atoms with E-state index in [0.717, 1.165) is 22.1 Å². The second kappa shape index (κ2) is 7.00. The van der Waals surface area contributed by atoms with Crippen LogP contribution in [0.4, 0.5) is 4.79 Å². The zero-order chi connectivity index (χ0) is 20.0. The van der Waals surface area contributed by atoms with E-state index in [-0.39, 0.29) is 11.9 Å². The fourth-order valence-corrected chi connectivity index (χ4v) is 4.70. The predicted molar refractivity (Wildman–Crippen MR) is 110 cm³/mol. The molecule has 3 amide bonds. The van der Waals surface area contributed by atoms with Gasteiger partial charge in [0, 0.05) is 37.3 Å². The Morgan fingerprint density at radius 3 is 2.76 bits per heavy atom. The van der Waals surface area contributed by atoms with Gasteiger partial charge >= 0.3 is 6.03 Å². The molecule has 1 fully saturated rings. The molecule has 29 heavy (non-hydrogen) atoms. The average Bonchev–Trinajstić information content (AvgIpc) is 3.38. The monoisotopic (exact) mass is 408 g/mol. The molecule has 2 unspecified atom stereocenters. The molecule has 9 heteroatoms. The largest absolute Gasteiger partial charge is 0.340 e. The summed E-state index contributed by atoms with van der Waals surface area (Å²) in [5.74, 6) is 0.475. The first-order valence-corrected chi connectivity index (χ1v) is 10.4. The van der Waals surface area contributed by atoms with Crippen LogP contribution in [0, 0.1) is 0 Å². The predicted octanol–water partition coefficient (Wildman–Crippen LogP) is 2.12. The van der Waals surface area contributed by atoms with Gasteiger partial charge in [-0.15, -0.1) is 11.3 Å². The van der Waals surface area contributed by atoms with Gasteiger partial charge in [0.05, 0.1) is 5.69 Å². The Kier molecular flexibility index (Phi) is 4.31. The van der Waals surface area contributed by atoms with Gasteiger partial charge in [-0.25, -0.2) is 14.8 Å². The van der Waals surface area contributed by atoms with Crippen molar-refractivity contribution in [2.75, 3.05) is 6.54 Å². The maximum atomic E-state index is 12.8. The number of amidine groups is 1. The highest BCUT2D eigenvalue weighted by Crippen LogP contribution is 2.28. The van der Waals surface area contributed by atoms with E-state index in [1.54, 1.807) is 16.2 Å². The van der Waals surface area contributed by atoms with Crippen LogP contribution in [0.1, 0.15) is 18.2 Å². The number of thiazole rings is 1. The first kappa shape index (κ1) is 17.9. The fourth-order valence-electron chi connectivity index (χ4n) is 3.98. The van der Waals surface area contributed by atoms with Crippen molar-refractivity contribution >= 4 is 34.1 Å². The van der Waals surface area contributed by atoms with Crippen LogP contribution in [0.5, 0.6) is 0 Å². The van der Waals surface area contributed by atoms with Crippen LogP contribution in [0.3, 0.4) is 0 Å². The van der Waals surface area contributed by atoms with Crippen LogP contribution in [-0.4, -0.2) is 55.7 Å². The standard InChI is InChI=1S/C20H20N6O2S/c1-2-25-17-16(18(27)23-19(25)28)26(11-13-6-4-3-5-7-13)15(22-17)10-14-12-24-8-9-29-20(24)21-14/h3-9,12,16-17H,2,10-11H2,1H3,(H,23,27,28). The van der Waals surface area contributed by atoms with E-state index in [1.807, 2.05) is 64.3 Å². The van der Waals surface area contributed by atoms with Crippen LogP contribution in [0.25, 0.3) is 4.96 Å². The summed E-state index contributed by atoms with van der Waals surface area (Å²) in [7, 11) is 0. The van der Waals surface area contributed by atoms with Crippen LogP contribution in [0.15, 0.2) is 53.1 Å². The summed E-state index contributed by atoms with van der Waals surface area (Å²) in [4.78, 5) is 39.1. The Balaban J connectivity index is 1.51. The first-order valence-electron chi connectivity index (χ1n) is 9.54. The molecule has 148 valence electrons. The number of amides is 3. The summed E-state index contributed by atoms with van der Waals surface area (Å²) in [5.41, 5.74) is 1.97. The number of imide groups is 1. The van der Waals surface area contributed by atoms with E-state index in [9.17, 15) is 9.59 Å². The van der Waals surface area contributed by atoms with Gasteiger partial charge in [-0.2, -0.15) is 0 Å². The van der Waals surface area contributed by atoms with Crippen LogP contribution >= 0.6 is 11.3 Å². The zero-order valence-corrected chi connectivity index (χ0v) is 16.7. The highest BCUT2D eigenvalue weighted by atomic mass is 32.1. The Hall–Kier alpha value is -3.20. The zero-order valence-electron chi connectivity index (χ0n) is 15.9. The highest BCUT2D eigenvalue weighted by Gasteiger charge is 2.49. The lowest BCUT2D eigenvalue weighted by atomic mass is 10.1. The lowest BCUT2D eigenvalue weighted by Gasteiger charge is -2.37. The summed E-state index contributed by atoms with van der Waals surface area (Å²) in [6.45, 7) is 2.92. The minimum absolute atomic E-state index is 0.301. The SMILES string of the molecule is CCN1C(=O)NC(=O)C2C1N=C(Cc1cn3ccsc3n1)N2Cc1ccccc1. The molecule has 0 radical (unpaired) electrons. The number of benzene rings is 1. The van der Waals surface area contributed by atoms with E-state index in [2.05, 4.69) is 10.3 Å².